The van der Waals surface area contributed by atoms with Gasteiger partial charge in [0.25, 0.3) is 0 Å². The van der Waals surface area contributed by atoms with E-state index in [1.807, 2.05) is 0 Å². The number of hydrogen-bond donors (Lipinski definition) is 1. The van der Waals surface area contributed by atoms with Gasteiger partial charge in [-0.1, -0.05) is 0 Å². The first kappa shape index (κ1) is 9.44. The molecule has 0 bridgehead atoms. The summed E-state index contributed by atoms with van der Waals surface area (Å²) in [5.41, 5.74) is 6.04. The van der Waals surface area contributed by atoms with E-state index in [0.29, 0.717) is 6.04 Å². The minimum absolute atomic E-state index is 0.461. The molecule has 76 valence electrons. The Labute approximate surface area is 80.2 Å². The van der Waals surface area contributed by atoms with E-state index < -0.39 is 0 Å². The van der Waals surface area contributed by atoms with E-state index in [1.165, 1.54) is 25.8 Å². The van der Waals surface area contributed by atoms with Crippen LogP contribution in [-0.2, 0) is 4.74 Å². The van der Waals surface area contributed by atoms with E-state index in [2.05, 4.69) is 4.90 Å². The first-order valence-corrected chi connectivity index (χ1v) is 5.42. The van der Waals surface area contributed by atoms with Gasteiger partial charge in [0.05, 0.1) is 13.2 Å². The van der Waals surface area contributed by atoms with Crippen LogP contribution in [-0.4, -0.2) is 43.8 Å². The van der Waals surface area contributed by atoms with Crippen molar-refractivity contribution in [3.8, 4) is 0 Å². The molecule has 1 aliphatic carbocycles. The molecular weight excluding hydrogens is 164 g/mol. The summed E-state index contributed by atoms with van der Waals surface area (Å²) in [7, 11) is 0. The maximum atomic E-state index is 6.04. The van der Waals surface area contributed by atoms with Crippen molar-refractivity contribution < 1.29 is 4.74 Å². The maximum Gasteiger partial charge on any atom is 0.0594 e. The number of morpholine rings is 1. The van der Waals surface area contributed by atoms with E-state index in [1.54, 1.807) is 0 Å². The van der Waals surface area contributed by atoms with Gasteiger partial charge in [-0.2, -0.15) is 0 Å². The molecule has 2 aliphatic rings. The van der Waals surface area contributed by atoms with Crippen LogP contribution in [0.15, 0.2) is 0 Å². The molecule has 3 nitrogen and oxygen atoms in total. The molecule has 1 saturated carbocycles. The van der Waals surface area contributed by atoms with Gasteiger partial charge >= 0.3 is 0 Å². The lowest BCUT2D eigenvalue weighted by molar-refractivity contribution is 0.0364. The molecule has 0 radical (unpaired) electrons. The minimum Gasteiger partial charge on any atom is -0.379 e. The van der Waals surface area contributed by atoms with E-state index in [0.717, 1.165) is 32.2 Å². The summed E-state index contributed by atoms with van der Waals surface area (Å²) in [6.45, 7) is 5.16. The fourth-order valence-corrected chi connectivity index (χ4v) is 1.92. The second-order valence-electron chi connectivity index (χ2n) is 4.24. The Morgan fingerprint density at radius 1 is 1.31 bits per heavy atom. The van der Waals surface area contributed by atoms with Gasteiger partial charge in [0.1, 0.15) is 0 Å². The molecule has 2 rings (SSSR count). The molecule has 3 heteroatoms. The highest BCUT2D eigenvalue weighted by Crippen LogP contribution is 2.32. The van der Waals surface area contributed by atoms with E-state index in [-0.39, 0.29) is 0 Å². The van der Waals surface area contributed by atoms with Crippen molar-refractivity contribution in [2.75, 3.05) is 32.8 Å². The topological polar surface area (TPSA) is 38.5 Å². The second-order valence-corrected chi connectivity index (χ2v) is 4.24. The van der Waals surface area contributed by atoms with Gasteiger partial charge in [-0.15, -0.1) is 0 Å². The molecule has 1 atom stereocenters. The third kappa shape index (κ3) is 2.93. The average Bonchev–Trinajstić information content (AvgIpc) is 2.99. The fraction of sp³-hybridized carbons (Fsp3) is 1.00. The Hall–Kier alpha value is -0.120. The first-order valence-electron chi connectivity index (χ1n) is 5.42. The van der Waals surface area contributed by atoms with Crippen LogP contribution in [0.25, 0.3) is 0 Å². The van der Waals surface area contributed by atoms with Crippen LogP contribution in [0.3, 0.4) is 0 Å². The van der Waals surface area contributed by atoms with Gasteiger partial charge in [-0.25, -0.2) is 0 Å². The van der Waals surface area contributed by atoms with Crippen LogP contribution in [0.4, 0.5) is 0 Å². The standard InChI is InChI=1S/C10H20N2O/c11-10(9-1-2-9)3-4-12-5-7-13-8-6-12/h9-10H,1-8,11H2. The monoisotopic (exact) mass is 184 g/mol. The smallest absolute Gasteiger partial charge is 0.0594 e. The second kappa shape index (κ2) is 4.40. The molecule has 2 N–H and O–H groups in total. The summed E-state index contributed by atoms with van der Waals surface area (Å²) in [5.74, 6) is 0.848. The highest BCUT2D eigenvalue weighted by atomic mass is 16.5. The summed E-state index contributed by atoms with van der Waals surface area (Å²) in [5, 5.41) is 0. The Bertz CT molecular complexity index is 153. The molecule has 1 heterocycles. The normalized spacial score (nSPS) is 27.5. The highest BCUT2D eigenvalue weighted by molar-refractivity contribution is 4.84. The van der Waals surface area contributed by atoms with Gasteiger partial charge in [0.15, 0.2) is 0 Å². The Kier molecular flexibility index (Phi) is 3.19. The Morgan fingerprint density at radius 2 is 2.00 bits per heavy atom. The lowest BCUT2D eigenvalue weighted by Gasteiger charge is -2.27. The summed E-state index contributed by atoms with van der Waals surface area (Å²) in [4.78, 5) is 2.46. The van der Waals surface area contributed by atoms with E-state index >= 15 is 0 Å². The molecule has 0 amide bonds. The van der Waals surface area contributed by atoms with Crippen molar-refractivity contribution in [1.29, 1.82) is 0 Å². The van der Waals surface area contributed by atoms with Gasteiger partial charge in [-0.3, -0.25) is 4.90 Å². The van der Waals surface area contributed by atoms with Crippen LogP contribution in [0.2, 0.25) is 0 Å². The number of hydrogen-bond acceptors (Lipinski definition) is 3. The number of ether oxygens (including phenoxy) is 1. The number of nitrogens with two attached hydrogens (primary N) is 1. The van der Waals surface area contributed by atoms with Gasteiger partial charge in [0, 0.05) is 19.1 Å². The molecule has 13 heavy (non-hydrogen) atoms. The molecule has 0 aromatic carbocycles. The quantitative estimate of drug-likeness (QED) is 0.689. The molecule has 0 aromatic rings. The van der Waals surface area contributed by atoms with Crippen molar-refractivity contribution in [2.45, 2.75) is 25.3 Å². The highest BCUT2D eigenvalue weighted by Gasteiger charge is 2.28. The van der Waals surface area contributed by atoms with Crippen LogP contribution >= 0.6 is 0 Å². The van der Waals surface area contributed by atoms with Crippen molar-refractivity contribution in [3.05, 3.63) is 0 Å². The van der Waals surface area contributed by atoms with Crippen molar-refractivity contribution >= 4 is 0 Å². The molecule has 0 spiro atoms. The summed E-state index contributed by atoms with van der Waals surface area (Å²) in [6, 6.07) is 0.461. The number of nitrogens with zero attached hydrogens (tertiary/aromatic N) is 1. The SMILES string of the molecule is NC(CCN1CCOCC1)C1CC1. The third-order valence-electron chi connectivity index (χ3n) is 3.11. The number of rotatable bonds is 4. The molecule has 1 saturated heterocycles. The third-order valence-corrected chi connectivity index (χ3v) is 3.11. The van der Waals surface area contributed by atoms with Gasteiger partial charge in [0.2, 0.25) is 0 Å². The van der Waals surface area contributed by atoms with Crippen LogP contribution in [0, 0.1) is 5.92 Å². The van der Waals surface area contributed by atoms with Crippen molar-refractivity contribution in [2.24, 2.45) is 11.7 Å². The fourth-order valence-electron chi connectivity index (χ4n) is 1.92. The zero-order chi connectivity index (χ0) is 9.10. The lowest BCUT2D eigenvalue weighted by Crippen LogP contribution is -2.39. The summed E-state index contributed by atoms with van der Waals surface area (Å²) in [6.07, 6.45) is 3.90. The predicted molar refractivity (Wildman–Crippen MR) is 52.6 cm³/mol. The van der Waals surface area contributed by atoms with Crippen molar-refractivity contribution in [3.63, 3.8) is 0 Å². The Balaban J connectivity index is 1.60. The predicted octanol–water partition coefficient (Wildman–Crippen LogP) is 0.446. The zero-order valence-corrected chi connectivity index (χ0v) is 8.24. The van der Waals surface area contributed by atoms with E-state index in [4.69, 9.17) is 10.5 Å². The summed E-state index contributed by atoms with van der Waals surface area (Å²) >= 11 is 0. The van der Waals surface area contributed by atoms with Crippen LogP contribution in [0.1, 0.15) is 19.3 Å². The Morgan fingerprint density at radius 3 is 2.62 bits per heavy atom. The lowest BCUT2D eigenvalue weighted by atomic mass is 10.1. The van der Waals surface area contributed by atoms with Crippen LogP contribution < -0.4 is 5.73 Å². The first-order chi connectivity index (χ1) is 6.36. The molecule has 1 aliphatic heterocycles. The average molecular weight is 184 g/mol. The maximum absolute atomic E-state index is 6.04. The van der Waals surface area contributed by atoms with Crippen LogP contribution in [0.5, 0.6) is 0 Å². The minimum atomic E-state index is 0.461. The molecular formula is C10H20N2O. The van der Waals surface area contributed by atoms with E-state index in [9.17, 15) is 0 Å². The van der Waals surface area contributed by atoms with Gasteiger partial charge in [-0.05, 0) is 31.7 Å². The molecule has 2 fully saturated rings. The molecule has 1 unspecified atom stereocenters. The summed E-state index contributed by atoms with van der Waals surface area (Å²) < 4.78 is 5.29. The largest absolute Gasteiger partial charge is 0.379 e. The van der Waals surface area contributed by atoms with Crippen molar-refractivity contribution in [1.82, 2.24) is 4.90 Å². The molecule has 0 aromatic heterocycles. The zero-order valence-electron chi connectivity index (χ0n) is 8.24. The van der Waals surface area contributed by atoms with Gasteiger partial charge < -0.3 is 10.5 Å².